The summed E-state index contributed by atoms with van der Waals surface area (Å²) in [6.07, 6.45) is -4.20. The van der Waals surface area contributed by atoms with Crippen molar-refractivity contribution in [2.24, 2.45) is 22.4 Å². The average Bonchev–Trinajstić information content (AvgIpc) is 2.13. The molecule has 0 bridgehead atoms. The molecule has 0 aromatic carbocycles. The summed E-state index contributed by atoms with van der Waals surface area (Å²) in [6, 6.07) is 0. The van der Waals surface area contributed by atoms with Gasteiger partial charge in [0.1, 0.15) is 5.70 Å². The van der Waals surface area contributed by atoms with Crippen LogP contribution in [0.15, 0.2) is 17.3 Å². The highest BCUT2D eigenvalue weighted by molar-refractivity contribution is 5.93. The molecule has 0 aliphatic rings. The van der Waals surface area contributed by atoms with Crippen LogP contribution in [-0.4, -0.2) is 24.0 Å². The van der Waals surface area contributed by atoms with Gasteiger partial charge in [0, 0.05) is 11.3 Å². The molecule has 6 heteroatoms. The number of aliphatic imine (C=N–C) groups is 1. The molecule has 0 aliphatic carbocycles. The molecular formula is C11H20F3N3. The second-order valence-electron chi connectivity index (χ2n) is 4.77. The highest BCUT2D eigenvalue weighted by Crippen LogP contribution is 2.26. The predicted molar refractivity (Wildman–Crippen MR) is 63.7 cm³/mol. The van der Waals surface area contributed by atoms with Gasteiger partial charge in [-0.1, -0.05) is 13.5 Å². The van der Waals surface area contributed by atoms with E-state index in [0.717, 1.165) is 0 Å². The predicted octanol–water partition coefficient (Wildman–Crippen LogP) is 2.23. The van der Waals surface area contributed by atoms with Crippen LogP contribution in [0.25, 0.3) is 0 Å². The van der Waals surface area contributed by atoms with Crippen molar-refractivity contribution in [3.63, 3.8) is 0 Å². The molecular weight excluding hydrogens is 231 g/mol. The Hall–Kier alpha value is -0.880. The minimum absolute atomic E-state index is 0.0256. The van der Waals surface area contributed by atoms with Crippen molar-refractivity contribution in [2.45, 2.75) is 38.9 Å². The summed E-state index contributed by atoms with van der Waals surface area (Å²) in [5, 5.41) is 0. The second-order valence-corrected chi connectivity index (χ2v) is 4.77. The van der Waals surface area contributed by atoms with Crippen LogP contribution in [-0.2, 0) is 0 Å². The summed E-state index contributed by atoms with van der Waals surface area (Å²) in [6.45, 7) is 8.33. The molecule has 0 saturated heterocycles. The summed E-state index contributed by atoms with van der Waals surface area (Å²) >= 11 is 0. The van der Waals surface area contributed by atoms with Crippen LogP contribution in [0.5, 0.6) is 0 Å². The van der Waals surface area contributed by atoms with Crippen LogP contribution in [0, 0.1) is 5.92 Å². The minimum Gasteiger partial charge on any atom is -0.330 e. The van der Waals surface area contributed by atoms with E-state index in [-0.39, 0.29) is 11.6 Å². The number of nitrogens with two attached hydrogens (primary N) is 2. The van der Waals surface area contributed by atoms with Crippen LogP contribution >= 0.6 is 0 Å². The largest absolute Gasteiger partial charge is 0.432 e. The van der Waals surface area contributed by atoms with Gasteiger partial charge in [0.15, 0.2) is 0 Å². The second kappa shape index (κ2) is 5.64. The molecule has 0 unspecified atom stereocenters. The van der Waals surface area contributed by atoms with Gasteiger partial charge in [0.05, 0.1) is 0 Å². The third kappa shape index (κ3) is 5.83. The number of hydrogen-bond acceptors (Lipinski definition) is 3. The van der Waals surface area contributed by atoms with Crippen molar-refractivity contribution in [3.05, 3.63) is 12.3 Å². The molecule has 17 heavy (non-hydrogen) atoms. The van der Waals surface area contributed by atoms with E-state index >= 15 is 0 Å². The zero-order chi connectivity index (χ0) is 13.9. The molecule has 0 rings (SSSR count). The fourth-order valence-electron chi connectivity index (χ4n) is 1.09. The molecule has 3 nitrogen and oxygen atoms in total. The van der Waals surface area contributed by atoms with Gasteiger partial charge in [-0.25, -0.2) is 0 Å². The van der Waals surface area contributed by atoms with E-state index in [1.54, 1.807) is 13.8 Å². The van der Waals surface area contributed by atoms with Gasteiger partial charge in [-0.15, -0.1) is 0 Å². The molecule has 0 aliphatic heterocycles. The molecule has 0 aromatic heterocycles. The van der Waals surface area contributed by atoms with Crippen LogP contribution in [0.2, 0.25) is 0 Å². The van der Waals surface area contributed by atoms with E-state index in [1.165, 1.54) is 0 Å². The quantitative estimate of drug-likeness (QED) is 0.736. The minimum atomic E-state index is -4.53. The fraction of sp³-hybridized carbons (Fsp3) is 0.727. The number of halogens is 3. The molecule has 0 heterocycles. The maximum Gasteiger partial charge on any atom is 0.432 e. The molecule has 0 amide bonds. The number of allylic oxidation sites excluding steroid dienone is 1. The Morgan fingerprint density at radius 3 is 2.12 bits per heavy atom. The number of alkyl halides is 3. The molecule has 0 spiro atoms. The van der Waals surface area contributed by atoms with Crippen LogP contribution in [0.3, 0.4) is 0 Å². The molecule has 4 N–H and O–H groups in total. The summed E-state index contributed by atoms with van der Waals surface area (Å²) in [5.41, 5.74) is 9.45. The van der Waals surface area contributed by atoms with E-state index < -0.39 is 17.4 Å². The summed E-state index contributed by atoms with van der Waals surface area (Å²) < 4.78 is 37.0. The lowest BCUT2D eigenvalue weighted by Gasteiger charge is -2.24. The summed E-state index contributed by atoms with van der Waals surface area (Å²) in [5.74, 6) is 0.0256. The van der Waals surface area contributed by atoms with Gasteiger partial charge in [0.2, 0.25) is 0 Å². The van der Waals surface area contributed by atoms with Crippen LogP contribution in [0.4, 0.5) is 13.2 Å². The third-order valence-corrected chi connectivity index (χ3v) is 2.29. The van der Waals surface area contributed by atoms with Crippen molar-refractivity contribution < 1.29 is 13.2 Å². The monoisotopic (exact) mass is 251 g/mol. The maximum atomic E-state index is 12.3. The van der Waals surface area contributed by atoms with Gasteiger partial charge >= 0.3 is 6.18 Å². The van der Waals surface area contributed by atoms with E-state index in [0.29, 0.717) is 13.0 Å². The molecule has 0 radical (unpaired) electrons. The molecule has 1 atom stereocenters. The zero-order valence-electron chi connectivity index (χ0n) is 10.4. The van der Waals surface area contributed by atoms with Gasteiger partial charge in [-0.2, -0.15) is 13.2 Å². The van der Waals surface area contributed by atoms with Crippen molar-refractivity contribution in [1.82, 2.24) is 0 Å². The zero-order valence-corrected chi connectivity index (χ0v) is 10.4. The average molecular weight is 251 g/mol. The standard InChI is InChI=1S/C11H20F3N3/c1-7(6-15)5-9(10(3,4)16)17-8(2)11(12,13)14/h7H,2,5-6,15-16H2,1,3-4H3/t7-/m1/s1. The van der Waals surface area contributed by atoms with Crippen LogP contribution in [0.1, 0.15) is 27.2 Å². The van der Waals surface area contributed by atoms with Gasteiger partial charge in [0.25, 0.3) is 0 Å². The Kier molecular flexibility index (Phi) is 5.35. The Bertz CT molecular complexity index is 300. The van der Waals surface area contributed by atoms with Gasteiger partial charge in [-0.3, -0.25) is 4.99 Å². The van der Waals surface area contributed by atoms with E-state index in [2.05, 4.69) is 11.6 Å². The summed E-state index contributed by atoms with van der Waals surface area (Å²) in [7, 11) is 0. The van der Waals surface area contributed by atoms with Crippen molar-refractivity contribution in [2.75, 3.05) is 6.54 Å². The Morgan fingerprint density at radius 2 is 1.82 bits per heavy atom. The van der Waals surface area contributed by atoms with Crippen molar-refractivity contribution in [3.8, 4) is 0 Å². The lowest BCUT2D eigenvalue weighted by molar-refractivity contribution is -0.0919. The molecule has 100 valence electrons. The topological polar surface area (TPSA) is 64.4 Å². The Balaban J connectivity index is 5.07. The Labute approximate surface area is 99.8 Å². The first-order valence-corrected chi connectivity index (χ1v) is 5.31. The number of nitrogens with zero attached hydrogens (tertiary/aromatic N) is 1. The third-order valence-electron chi connectivity index (χ3n) is 2.29. The molecule has 0 aromatic rings. The first-order valence-electron chi connectivity index (χ1n) is 5.31. The van der Waals surface area contributed by atoms with E-state index in [9.17, 15) is 13.2 Å². The number of hydrogen-bond donors (Lipinski definition) is 2. The lowest BCUT2D eigenvalue weighted by Crippen LogP contribution is -2.43. The van der Waals surface area contributed by atoms with Crippen LogP contribution < -0.4 is 11.5 Å². The molecule has 0 fully saturated rings. The highest BCUT2D eigenvalue weighted by atomic mass is 19.4. The smallest absolute Gasteiger partial charge is 0.330 e. The number of rotatable bonds is 5. The normalized spacial score (nSPS) is 15.9. The summed E-state index contributed by atoms with van der Waals surface area (Å²) in [4.78, 5) is 3.52. The van der Waals surface area contributed by atoms with Crippen molar-refractivity contribution in [1.29, 1.82) is 0 Å². The maximum absolute atomic E-state index is 12.3. The Morgan fingerprint density at radius 1 is 1.35 bits per heavy atom. The molecule has 0 saturated carbocycles. The van der Waals surface area contributed by atoms with Crippen molar-refractivity contribution >= 4 is 5.71 Å². The van der Waals surface area contributed by atoms with Gasteiger partial charge in [-0.05, 0) is 32.7 Å². The first-order chi connectivity index (χ1) is 7.48. The van der Waals surface area contributed by atoms with E-state index in [4.69, 9.17) is 11.5 Å². The van der Waals surface area contributed by atoms with Gasteiger partial charge < -0.3 is 11.5 Å². The fourth-order valence-corrected chi connectivity index (χ4v) is 1.09. The lowest BCUT2D eigenvalue weighted by atomic mass is 9.91. The first kappa shape index (κ1) is 16.1. The van der Waals surface area contributed by atoms with E-state index in [1.807, 2.05) is 6.92 Å². The SMILES string of the molecule is C=C(N=C(C[C@@H](C)CN)C(C)(C)N)C(F)(F)F. The highest BCUT2D eigenvalue weighted by Gasteiger charge is 2.33.